The van der Waals surface area contributed by atoms with Crippen LogP contribution in [-0.2, 0) is 6.42 Å². The molecular formula is C84H52N2O2. The third-order valence-corrected chi connectivity index (χ3v) is 19.2. The normalized spacial score (nSPS) is 12.8. The lowest BCUT2D eigenvalue weighted by molar-refractivity contribution is 0.671. The molecule has 2 aliphatic carbocycles. The Morgan fingerprint density at radius 2 is 0.773 bits per heavy atom. The molecule has 0 saturated carbocycles. The number of fused-ring (bicyclic) bond motifs is 26. The van der Waals surface area contributed by atoms with Crippen LogP contribution in [0.15, 0.2) is 282 Å². The van der Waals surface area contributed by atoms with Crippen molar-refractivity contribution < 1.29 is 8.83 Å². The van der Waals surface area contributed by atoms with Gasteiger partial charge in [-0.1, -0.05) is 237 Å². The van der Waals surface area contributed by atoms with Crippen LogP contribution in [-0.4, -0.2) is 9.13 Å². The van der Waals surface area contributed by atoms with Crippen molar-refractivity contribution >= 4 is 131 Å². The molecule has 0 saturated heterocycles. The summed E-state index contributed by atoms with van der Waals surface area (Å²) in [6.07, 6.45) is 5.25. The third-order valence-electron chi connectivity index (χ3n) is 19.2. The standard InChI is InChI=1S/C44H25NO.C40H27NO/c1-2-11-30-29(10-1)32-17-9-16-31-28(24-25-35(30)40(31)32)26-20-22-27(23-21-26)45-38-18-7-5-14-36(38)41-33-12-3-4-13-34(33)42-37-15-6-8-19-39(37)46-44(42)43(41)45;1-3-12-28-33-23-24(2)25-13-4-5-14-26(25)27(33)21-22-35(28)41-34-19-10-8-17-31(34)37-29-15-6-7-16-30(29)38-32-18-9-11-20-36(32)42-40(38)39(37)41/h1-25H;3-22H,2,23H2,1H3/b;12-3-. The highest BCUT2D eigenvalue weighted by Crippen LogP contribution is 2.52. The van der Waals surface area contributed by atoms with Gasteiger partial charge in [0.25, 0.3) is 0 Å². The van der Waals surface area contributed by atoms with Crippen LogP contribution in [0.3, 0.4) is 0 Å². The summed E-state index contributed by atoms with van der Waals surface area (Å²) in [4.78, 5) is 0. The van der Waals surface area contributed by atoms with E-state index in [0.29, 0.717) is 0 Å². The van der Waals surface area contributed by atoms with E-state index in [9.17, 15) is 0 Å². The van der Waals surface area contributed by atoms with Gasteiger partial charge in [-0.2, -0.15) is 0 Å². The van der Waals surface area contributed by atoms with E-state index in [-0.39, 0.29) is 0 Å². The van der Waals surface area contributed by atoms with Crippen molar-refractivity contribution in [1.29, 1.82) is 0 Å². The van der Waals surface area contributed by atoms with Crippen molar-refractivity contribution in [2.24, 2.45) is 0 Å². The summed E-state index contributed by atoms with van der Waals surface area (Å²) in [6.45, 7) is 6.60. The van der Waals surface area contributed by atoms with Gasteiger partial charge in [0.1, 0.15) is 11.2 Å². The minimum absolute atomic E-state index is 0.819. The fourth-order valence-corrected chi connectivity index (χ4v) is 15.6. The monoisotopic (exact) mass is 1120 g/mol. The maximum atomic E-state index is 6.79. The second-order valence-corrected chi connectivity index (χ2v) is 23.7. The van der Waals surface area contributed by atoms with Crippen molar-refractivity contribution in [1.82, 2.24) is 9.13 Å². The summed E-state index contributed by atoms with van der Waals surface area (Å²) in [6, 6.07) is 94.3. The molecule has 0 amide bonds. The van der Waals surface area contributed by atoms with Gasteiger partial charge in [-0.25, -0.2) is 0 Å². The average Bonchev–Trinajstić information content (AvgIpc) is 1.56. The maximum Gasteiger partial charge on any atom is 0.160 e. The first-order chi connectivity index (χ1) is 43.6. The van der Waals surface area contributed by atoms with Crippen molar-refractivity contribution in [3.05, 3.63) is 290 Å². The highest BCUT2D eigenvalue weighted by molar-refractivity contribution is 6.36. The topological polar surface area (TPSA) is 36.1 Å². The first-order valence-corrected chi connectivity index (χ1v) is 30.4. The van der Waals surface area contributed by atoms with Crippen LogP contribution < -0.4 is 0 Å². The van der Waals surface area contributed by atoms with Gasteiger partial charge in [0, 0.05) is 54.3 Å². The minimum atomic E-state index is 0.819. The summed E-state index contributed by atoms with van der Waals surface area (Å²) in [5.41, 5.74) is 25.8. The van der Waals surface area contributed by atoms with Crippen LogP contribution in [0.2, 0.25) is 0 Å². The second-order valence-electron chi connectivity index (χ2n) is 23.7. The molecule has 4 aromatic heterocycles. The summed E-state index contributed by atoms with van der Waals surface area (Å²) in [5, 5.41) is 17.1. The van der Waals surface area contributed by atoms with Gasteiger partial charge in [-0.05, 0) is 149 Å². The van der Waals surface area contributed by atoms with Crippen molar-refractivity contribution in [3.8, 4) is 55.9 Å². The SMILES string of the molecule is C=C1Cc2c(ccc(-n3c4ccccc4c4c5ccccc5c5c6ccccc6oc5c43)c2/C=C\C)-c2ccccc21.c1ccc2c(c1)-c1cccc3c(-c4ccc(-n5c6ccccc6c6c7ccccc7c7c8ccccc8oc7c65)cc4)ccc-2c13. The Hall–Kier alpha value is -11.5. The summed E-state index contributed by atoms with van der Waals surface area (Å²) >= 11 is 0. The van der Waals surface area contributed by atoms with Gasteiger partial charge in [0.15, 0.2) is 11.2 Å². The quantitative estimate of drug-likeness (QED) is 0.176. The van der Waals surface area contributed by atoms with E-state index in [0.717, 1.165) is 67.5 Å². The lowest BCUT2D eigenvalue weighted by Gasteiger charge is -2.26. The minimum Gasteiger partial charge on any atom is -0.454 e. The van der Waals surface area contributed by atoms with Crippen LogP contribution in [0.25, 0.3) is 187 Å². The number of benzene rings is 14. The Morgan fingerprint density at radius 3 is 1.36 bits per heavy atom. The molecule has 0 radical (unpaired) electrons. The van der Waals surface area contributed by atoms with Gasteiger partial charge in [-0.3, -0.25) is 0 Å². The molecule has 0 fully saturated rings. The molecule has 18 aromatic rings. The molecule has 0 aliphatic heterocycles. The van der Waals surface area contributed by atoms with E-state index >= 15 is 0 Å². The lowest BCUT2D eigenvalue weighted by atomic mass is 9.80. The molecule has 410 valence electrons. The fraction of sp³-hybridized carbons (Fsp3) is 0.0238. The Balaban J connectivity index is 0.000000128. The molecule has 14 aromatic carbocycles. The molecule has 20 rings (SSSR count). The van der Waals surface area contributed by atoms with Gasteiger partial charge < -0.3 is 18.0 Å². The number of rotatable bonds is 4. The van der Waals surface area contributed by atoms with Crippen LogP contribution >= 0.6 is 0 Å². The van der Waals surface area contributed by atoms with E-state index < -0.39 is 0 Å². The highest BCUT2D eigenvalue weighted by atomic mass is 16.3. The number of hydrogen-bond donors (Lipinski definition) is 0. The third kappa shape index (κ3) is 6.69. The molecule has 4 heteroatoms. The largest absolute Gasteiger partial charge is 0.454 e. The molecule has 4 heterocycles. The summed E-state index contributed by atoms with van der Waals surface area (Å²) < 4.78 is 18.4. The van der Waals surface area contributed by atoms with Gasteiger partial charge >= 0.3 is 0 Å². The average molecular weight is 1120 g/mol. The molecule has 0 N–H and O–H groups in total. The molecule has 2 aliphatic rings. The maximum absolute atomic E-state index is 6.79. The van der Waals surface area contributed by atoms with Gasteiger partial charge in [0.05, 0.1) is 27.8 Å². The first-order valence-electron chi connectivity index (χ1n) is 30.4. The Bertz CT molecular complexity index is 6080. The van der Waals surface area contributed by atoms with Crippen LogP contribution in [0, 0.1) is 0 Å². The molecule has 88 heavy (non-hydrogen) atoms. The zero-order valence-electron chi connectivity index (χ0n) is 48.1. The fourth-order valence-electron chi connectivity index (χ4n) is 15.6. The van der Waals surface area contributed by atoms with Crippen molar-refractivity contribution in [3.63, 3.8) is 0 Å². The lowest BCUT2D eigenvalue weighted by Crippen LogP contribution is -2.08. The zero-order valence-corrected chi connectivity index (χ0v) is 48.1. The zero-order chi connectivity index (χ0) is 57.9. The smallest absolute Gasteiger partial charge is 0.160 e. The van der Waals surface area contributed by atoms with E-state index in [2.05, 4.69) is 296 Å². The predicted molar refractivity (Wildman–Crippen MR) is 371 cm³/mol. The number of nitrogens with zero attached hydrogens (tertiary/aromatic N) is 2. The van der Waals surface area contributed by atoms with E-state index in [4.69, 9.17) is 8.83 Å². The number of para-hydroxylation sites is 4. The van der Waals surface area contributed by atoms with Gasteiger partial charge in [-0.15, -0.1) is 0 Å². The van der Waals surface area contributed by atoms with Gasteiger partial charge in [0.2, 0.25) is 0 Å². The van der Waals surface area contributed by atoms with E-state index in [1.165, 1.54) is 137 Å². The predicted octanol–water partition coefficient (Wildman–Crippen LogP) is 23.4. The Morgan fingerprint density at radius 1 is 0.341 bits per heavy atom. The number of allylic oxidation sites excluding steroid dienone is 2. The number of hydrogen-bond acceptors (Lipinski definition) is 2. The first kappa shape index (κ1) is 48.9. The molecule has 0 bridgehead atoms. The Labute approximate surface area is 506 Å². The van der Waals surface area contributed by atoms with Crippen LogP contribution in [0.4, 0.5) is 0 Å². The molecule has 4 nitrogen and oxygen atoms in total. The molecule has 0 atom stereocenters. The van der Waals surface area contributed by atoms with Crippen LogP contribution in [0.5, 0.6) is 0 Å². The molecule has 0 unspecified atom stereocenters. The summed E-state index contributed by atoms with van der Waals surface area (Å²) in [7, 11) is 0. The highest BCUT2D eigenvalue weighted by Gasteiger charge is 2.29. The van der Waals surface area contributed by atoms with Crippen LogP contribution in [0.1, 0.15) is 23.6 Å². The van der Waals surface area contributed by atoms with Crippen molar-refractivity contribution in [2.45, 2.75) is 13.3 Å². The molecular weight excluding hydrogens is 1070 g/mol. The van der Waals surface area contributed by atoms with E-state index in [1.54, 1.807) is 0 Å². The number of aromatic nitrogens is 2. The van der Waals surface area contributed by atoms with Crippen molar-refractivity contribution in [2.75, 3.05) is 0 Å². The number of furan rings is 2. The van der Waals surface area contributed by atoms with E-state index in [1.807, 2.05) is 0 Å². The molecule has 0 spiro atoms. The Kier molecular flexibility index (Phi) is 10.3. The summed E-state index contributed by atoms with van der Waals surface area (Å²) in [5.74, 6) is 0. The second kappa shape index (κ2) is 18.5.